The highest BCUT2D eigenvalue weighted by Gasteiger charge is 2.27. The smallest absolute Gasteiger partial charge is 0.256 e. The molecule has 1 aromatic carbocycles. The Bertz CT molecular complexity index is 451. The molecule has 1 heterocycles. The van der Waals surface area contributed by atoms with Gasteiger partial charge in [-0.05, 0) is 24.6 Å². The number of hydrogen-bond donors (Lipinski definition) is 1. The fourth-order valence-electron chi connectivity index (χ4n) is 2.39. The molecule has 2 rings (SSSR count). The van der Waals surface area contributed by atoms with Gasteiger partial charge in [-0.15, -0.1) is 0 Å². The minimum Gasteiger partial charge on any atom is -0.398 e. The van der Waals surface area contributed by atoms with Gasteiger partial charge in [0.1, 0.15) is 0 Å². The third-order valence-electron chi connectivity index (χ3n) is 3.14. The molecule has 1 fully saturated rings. The molecule has 1 aromatic rings. The van der Waals surface area contributed by atoms with Crippen LogP contribution in [0.3, 0.4) is 0 Å². The van der Waals surface area contributed by atoms with Crippen LogP contribution in [0.1, 0.15) is 29.8 Å². The molecule has 1 aliphatic heterocycles. The Balaban J connectivity index is 2.20. The normalized spacial score (nSPS) is 24.1. The van der Waals surface area contributed by atoms with Crippen LogP contribution in [0.15, 0.2) is 18.2 Å². The van der Waals surface area contributed by atoms with Gasteiger partial charge in [0.15, 0.2) is 0 Å². The van der Waals surface area contributed by atoms with Gasteiger partial charge in [0.2, 0.25) is 0 Å². The number of anilines is 1. The Hall–Kier alpha value is -1.16. The SMILES string of the molecule is Cc1ccc(C(=O)N2CC(C)SC(C)C2)c(N)c1. The lowest BCUT2D eigenvalue weighted by Gasteiger charge is -2.34. The van der Waals surface area contributed by atoms with E-state index >= 15 is 0 Å². The van der Waals surface area contributed by atoms with Gasteiger partial charge in [0.05, 0.1) is 5.56 Å². The van der Waals surface area contributed by atoms with Crippen LogP contribution in [-0.4, -0.2) is 34.4 Å². The molecule has 3 nitrogen and oxygen atoms in total. The number of rotatable bonds is 1. The average molecular weight is 264 g/mol. The summed E-state index contributed by atoms with van der Waals surface area (Å²) < 4.78 is 0. The Labute approximate surface area is 113 Å². The fraction of sp³-hybridized carbons (Fsp3) is 0.500. The standard InChI is InChI=1S/C14H20N2OS/c1-9-4-5-12(13(15)6-9)14(17)16-7-10(2)18-11(3)8-16/h4-6,10-11H,7-8,15H2,1-3H3. The molecule has 2 N–H and O–H groups in total. The van der Waals surface area contributed by atoms with Crippen LogP contribution in [0.2, 0.25) is 0 Å². The second-order valence-electron chi connectivity index (χ2n) is 5.06. The lowest BCUT2D eigenvalue weighted by atomic mass is 10.1. The number of thioether (sulfide) groups is 1. The lowest BCUT2D eigenvalue weighted by Crippen LogP contribution is -2.44. The second-order valence-corrected chi connectivity index (χ2v) is 6.94. The van der Waals surface area contributed by atoms with Gasteiger partial charge in [0, 0.05) is 29.3 Å². The zero-order chi connectivity index (χ0) is 13.3. The molecule has 0 aromatic heterocycles. The van der Waals surface area contributed by atoms with E-state index in [1.165, 1.54) is 0 Å². The van der Waals surface area contributed by atoms with Crippen LogP contribution in [0.4, 0.5) is 5.69 Å². The largest absolute Gasteiger partial charge is 0.398 e. The first-order chi connectivity index (χ1) is 8.47. The number of nitrogen functional groups attached to an aromatic ring is 1. The molecule has 0 saturated carbocycles. The maximum atomic E-state index is 12.5. The van der Waals surface area contributed by atoms with E-state index < -0.39 is 0 Å². The van der Waals surface area contributed by atoms with Crippen molar-refractivity contribution in [2.45, 2.75) is 31.3 Å². The van der Waals surface area contributed by atoms with Gasteiger partial charge in [0.25, 0.3) is 5.91 Å². The van der Waals surface area contributed by atoms with E-state index in [1.54, 1.807) is 0 Å². The Kier molecular flexibility index (Phi) is 3.85. The number of amides is 1. The number of nitrogens with zero attached hydrogens (tertiary/aromatic N) is 1. The molecule has 2 atom stereocenters. The molecular formula is C14H20N2OS. The van der Waals surface area contributed by atoms with Crippen molar-refractivity contribution in [3.8, 4) is 0 Å². The van der Waals surface area contributed by atoms with Gasteiger partial charge in [-0.2, -0.15) is 11.8 Å². The van der Waals surface area contributed by atoms with E-state index in [9.17, 15) is 4.79 Å². The number of nitrogens with two attached hydrogens (primary N) is 1. The van der Waals surface area contributed by atoms with Gasteiger partial charge in [-0.3, -0.25) is 4.79 Å². The molecule has 2 unspecified atom stereocenters. The predicted octanol–water partition coefficient (Wildman–Crippen LogP) is 2.54. The number of hydrogen-bond acceptors (Lipinski definition) is 3. The molecule has 0 spiro atoms. The van der Waals surface area contributed by atoms with Crippen molar-refractivity contribution in [3.63, 3.8) is 0 Å². The molecule has 0 radical (unpaired) electrons. The van der Waals surface area contributed by atoms with Crippen molar-refractivity contribution in [1.82, 2.24) is 4.90 Å². The second kappa shape index (κ2) is 5.22. The van der Waals surface area contributed by atoms with Crippen LogP contribution in [0.25, 0.3) is 0 Å². The molecular weight excluding hydrogens is 244 g/mol. The first-order valence-corrected chi connectivity index (χ1v) is 7.22. The number of carbonyl (C=O) groups is 1. The van der Waals surface area contributed by atoms with Gasteiger partial charge in [-0.25, -0.2) is 0 Å². The summed E-state index contributed by atoms with van der Waals surface area (Å²) in [5, 5.41) is 0.980. The maximum absolute atomic E-state index is 12.5. The van der Waals surface area contributed by atoms with Crippen molar-refractivity contribution in [2.75, 3.05) is 18.8 Å². The zero-order valence-electron chi connectivity index (χ0n) is 11.1. The Morgan fingerprint density at radius 1 is 1.33 bits per heavy atom. The minimum absolute atomic E-state index is 0.0616. The number of carbonyl (C=O) groups excluding carboxylic acids is 1. The summed E-state index contributed by atoms with van der Waals surface area (Å²) in [5.41, 5.74) is 8.24. The quantitative estimate of drug-likeness (QED) is 0.793. The molecule has 1 amide bonds. The first-order valence-electron chi connectivity index (χ1n) is 6.28. The highest BCUT2D eigenvalue weighted by molar-refractivity contribution is 8.00. The van der Waals surface area contributed by atoms with E-state index in [1.807, 2.05) is 41.8 Å². The molecule has 1 saturated heterocycles. The summed E-state index contributed by atoms with van der Waals surface area (Å²) >= 11 is 1.94. The van der Waals surface area contributed by atoms with E-state index in [0.29, 0.717) is 21.8 Å². The van der Waals surface area contributed by atoms with Crippen LogP contribution in [0, 0.1) is 6.92 Å². The highest BCUT2D eigenvalue weighted by atomic mass is 32.2. The van der Waals surface area contributed by atoms with Crippen LogP contribution in [-0.2, 0) is 0 Å². The third kappa shape index (κ3) is 2.80. The number of benzene rings is 1. The van der Waals surface area contributed by atoms with E-state index in [0.717, 1.165) is 18.7 Å². The minimum atomic E-state index is 0.0616. The van der Waals surface area contributed by atoms with E-state index in [4.69, 9.17) is 5.73 Å². The Morgan fingerprint density at radius 2 is 1.94 bits per heavy atom. The molecule has 98 valence electrons. The summed E-state index contributed by atoms with van der Waals surface area (Å²) in [6, 6.07) is 5.64. The predicted molar refractivity (Wildman–Crippen MR) is 78.0 cm³/mol. The van der Waals surface area contributed by atoms with Gasteiger partial charge >= 0.3 is 0 Å². The van der Waals surface area contributed by atoms with Crippen molar-refractivity contribution < 1.29 is 4.79 Å². The summed E-state index contributed by atoms with van der Waals surface area (Å²) in [6.45, 7) is 7.92. The summed E-state index contributed by atoms with van der Waals surface area (Å²) in [7, 11) is 0. The van der Waals surface area contributed by atoms with Crippen LogP contribution >= 0.6 is 11.8 Å². The average Bonchev–Trinajstić information content (AvgIpc) is 2.26. The third-order valence-corrected chi connectivity index (χ3v) is 4.37. The van der Waals surface area contributed by atoms with Gasteiger partial charge < -0.3 is 10.6 Å². The van der Waals surface area contributed by atoms with Gasteiger partial charge in [-0.1, -0.05) is 19.9 Å². The maximum Gasteiger partial charge on any atom is 0.256 e. The first kappa shape index (κ1) is 13.3. The van der Waals surface area contributed by atoms with Crippen LogP contribution in [0.5, 0.6) is 0 Å². The topological polar surface area (TPSA) is 46.3 Å². The summed E-state index contributed by atoms with van der Waals surface area (Å²) in [5.74, 6) is 0.0616. The summed E-state index contributed by atoms with van der Waals surface area (Å²) in [4.78, 5) is 14.4. The van der Waals surface area contributed by atoms with Crippen molar-refractivity contribution in [3.05, 3.63) is 29.3 Å². The Morgan fingerprint density at radius 3 is 2.50 bits per heavy atom. The van der Waals surface area contributed by atoms with E-state index in [2.05, 4.69) is 13.8 Å². The molecule has 0 aliphatic carbocycles. The molecule has 4 heteroatoms. The molecule has 18 heavy (non-hydrogen) atoms. The van der Waals surface area contributed by atoms with Crippen LogP contribution < -0.4 is 5.73 Å². The van der Waals surface area contributed by atoms with Crippen molar-refractivity contribution in [1.29, 1.82) is 0 Å². The zero-order valence-corrected chi connectivity index (χ0v) is 12.0. The van der Waals surface area contributed by atoms with E-state index in [-0.39, 0.29) is 5.91 Å². The highest BCUT2D eigenvalue weighted by Crippen LogP contribution is 2.26. The summed E-state index contributed by atoms with van der Waals surface area (Å²) in [6.07, 6.45) is 0. The molecule has 0 bridgehead atoms. The fourth-order valence-corrected chi connectivity index (χ4v) is 3.72. The lowest BCUT2D eigenvalue weighted by molar-refractivity contribution is 0.0754. The van der Waals surface area contributed by atoms with Crippen molar-refractivity contribution in [2.24, 2.45) is 0 Å². The van der Waals surface area contributed by atoms with Crippen molar-refractivity contribution >= 4 is 23.4 Å². The number of aryl methyl sites for hydroxylation is 1. The monoisotopic (exact) mass is 264 g/mol. The molecule has 1 aliphatic rings.